The quantitative estimate of drug-likeness (QED) is 0.907. The minimum absolute atomic E-state index is 0. The van der Waals surface area contributed by atoms with Gasteiger partial charge in [-0.2, -0.15) is 0 Å². The number of aryl methyl sites for hydroxylation is 2. The Kier molecular flexibility index (Phi) is 5.11. The van der Waals surface area contributed by atoms with Gasteiger partial charge < -0.3 is 5.32 Å². The van der Waals surface area contributed by atoms with E-state index in [2.05, 4.69) is 23.3 Å². The Hall–Kier alpha value is -1.13. The Labute approximate surface area is 114 Å². The van der Waals surface area contributed by atoms with Gasteiger partial charge in [-0.1, -0.05) is 0 Å². The van der Waals surface area contributed by atoms with Gasteiger partial charge in [-0.15, -0.1) is 12.4 Å². The molecule has 1 aromatic rings. The number of fused-ring (bicyclic) bond motifs is 1. The maximum absolute atomic E-state index is 11.9. The number of amides is 1. The molecule has 1 amide bonds. The predicted octanol–water partition coefficient (Wildman–Crippen LogP) is 1.62. The van der Waals surface area contributed by atoms with Crippen LogP contribution in [0.15, 0.2) is 6.07 Å². The Morgan fingerprint density at radius 3 is 2.78 bits per heavy atom. The van der Waals surface area contributed by atoms with E-state index in [9.17, 15) is 4.79 Å². The number of aromatic nitrogens is 1. The molecule has 2 heterocycles. The fourth-order valence-electron chi connectivity index (χ4n) is 2.32. The third-order valence-electron chi connectivity index (χ3n) is 3.18. The first-order valence-corrected chi connectivity index (χ1v) is 6.05. The molecule has 0 aromatic carbocycles. The van der Waals surface area contributed by atoms with Crippen molar-refractivity contribution < 1.29 is 4.79 Å². The van der Waals surface area contributed by atoms with Gasteiger partial charge in [-0.05, 0) is 44.5 Å². The van der Waals surface area contributed by atoms with Crippen molar-refractivity contribution in [3.05, 3.63) is 22.9 Å². The van der Waals surface area contributed by atoms with E-state index in [1.807, 2.05) is 18.9 Å². The van der Waals surface area contributed by atoms with Gasteiger partial charge in [0.2, 0.25) is 5.91 Å². The molecule has 4 nitrogen and oxygen atoms in total. The summed E-state index contributed by atoms with van der Waals surface area (Å²) in [6, 6.07) is 2.09. The third-order valence-corrected chi connectivity index (χ3v) is 3.18. The lowest BCUT2D eigenvalue weighted by Crippen LogP contribution is -2.40. The van der Waals surface area contributed by atoms with Crippen LogP contribution in [0.2, 0.25) is 0 Å². The molecule has 100 valence electrons. The lowest BCUT2D eigenvalue weighted by Gasteiger charge is -2.29. The zero-order chi connectivity index (χ0) is 12.4. The Balaban J connectivity index is 0.00000162. The first-order valence-electron chi connectivity index (χ1n) is 6.05. The second-order valence-corrected chi connectivity index (χ2v) is 4.53. The Morgan fingerprint density at radius 2 is 2.11 bits per heavy atom. The SMILES string of the molecule is CNCCN1C(=O)CCc2c(C)cc(C)nc21.Cl. The highest BCUT2D eigenvalue weighted by Crippen LogP contribution is 2.28. The highest BCUT2D eigenvalue weighted by Gasteiger charge is 2.26. The monoisotopic (exact) mass is 269 g/mol. The summed E-state index contributed by atoms with van der Waals surface area (Å²) in [5.41, 5.74) is 3.45. The fraction of sp³-hybridized carbons (Fsp3) is 0.538. The van der Waals surface area contributed by atoms with Gasteiger partial charge in [0.05, 0.1) is 0 Å². The number of nitrogens with zero attached hydrogens (tertiary/aromatic N) is 2. The minimum atomic E-state index is 0. The Morgan fingerprint density at radius 1 is 1.39 bits per heavy atom. The molecule has 0 saturated heterocycles. The van der Waals surface area contributed by atoms with Crippen molar-refractivity contribution in [2.75, 3.05) is 25.0 Å². The molecule has 0 fully saturated rings. The van der Waals surface area contributed by atoms with Crippen LogP contribution in [0.4, 0.5) is 5.82 Å². The molecular weight excluding hydrogens is 250 g/mol. The molecule has 0 saturated carbocycles. The third kappa shape index (κ3) is 2.82. The fourth-order valence-corrected chi connectivity index (χ4v) is 2.32. The molecule has 0 atom stereocenters. The molecule has 0 radical (unpaired) electrons. The number of nitrogens with one attached hydrogen (secondary N) is 1. The minimum Gasteiger partial charge on any atom is -0.318 e. The second kappa shape index (κ2) is 6.16. The number of hydrogen-bond donors (Lipinski definition) is 1. The molecule has 0 bridgehead atoms. The first-order chi connectivity index (χ1) is 8.13. The average Bonchev–Trinajstić information content (AvgIpc) is 2.27. The number of pyridine rings is 1. The number of carbonyl (C=O) groups is 1. The highest BCUT2D eigenvalue weighted by molar-refractivity contribution is 5.95. The molecule has 1 N–H and O–H groups in total. The van der Waals surface area contributed by atoms with E-state index in [4.69, 9.17) is 0 Å². The largest absolute Gasteiger partial charge is 0.318 e. The number of anilines is 1. The number of hydrogen-bond acceptors (Lipinski definition) is 3. The number of carbonyl (C=O) groups excluding carboxylic acids is 1. The molecule has 1 aromatic heterocycles. The highest BCUT2D eigenvalue weighted by atomic mass is 35.5. The van der Waals surface area contributed by atoms with Gasteiger partial charge in [0.15, 0.2) is 0 Å². The summed E-state index contributed by atoms with van der Waals surface area (Å²) in [6.45, 7) is 5.56. The molecule has 5 heteroatoms. The van der Waals surface area contributed by atoms with Crippen LogP contribution < -0.4 is 10.2 Å². The summed E-state index contributed by atoms with van der Waals surface area (Å²) in [7, 11) is 1.89. The average molecular weight is 270 g/mol. The summed E-state index contributed by atoms with van der Waals surface area (Å²) in [5.74, 6) is 1.05. The molecule has 1 aliphatic heterocycles. The standard InChI is InChI=1S/C13H19N3O.ClH/c1-9-8-10(2)15-13-11(9)4-5-12(17)16(13)7-6-14-3;/h8,14H,4-7H2,1-3H3;1H. The van der Waals surface area contributed by atoms with Gasteiger partial charge in [0.1, 0.15) is 5.82 Å². The van der Waals surface area contributed by atoms with Crippen LogP contribution in [0, 0.1) is 13.8 Å². The van der Waals surface area contributed by atoms with E-state index < -0.39 is 0 Å². The van der Waals surface area contributed by atoms with Crippen LogP contribution in [0.25, 0.3) is 0 Å². The van der Waals surface area contributed by atoms with Crippen LogP contribution in [-0.2, 0) is 11.2 Å². The Bertz CT molecular complexity index is 448. The van der Waals surface area contributed by atoms with Crippen LogP contribution in [0.3, 0.4) is 0 Å². The van der Waals surface area contributed by atoms with E-state index >= 15 is 0 Å². The van der Waals surface area contributed by atoms with Gasteiger partial charge in [-0.25, -0.2) is 4.98 Å². The van der Waals surface area contributed by atoms with E-state index in [0.29, 0.717) is 13.0 Å². The van der Waals surface area contributed by atoms with Crippen LogP contribution in [0.1, 0.15) is 23.2 Å². The topological polar surface area (TPSA) is 45.2 Å². The molecule has 0 aliphatic carbocycles. The summed E-state index contributed by atoms with van der Waals surface area (Å²) in [6.07, 6.45) is 1.42. The van der Waals surface area contributed by atoms with Crippen LogP contribution >= 0.6 is 12.4 Å². The molecule has 18 heavy (non-hydrogen) atoms. The maximum Gasteiger partial charge on any atom is 0.228 e. The molecule has 1 aliphatic rings. The van der Waals surface area contributed by atoms with Gasteiger partial charge in [0, 0.05) is 25.2 Å². The smallest absolute Gasteiger partial charge is 0.228 e. The summed E-state index contributed by atoms with van der Waals surface area (Å²) >= 11 is 0. The normalized spacial score (nSPS) is 14.2. The number of halogens is 1. The molecule has 2 rings (SSSR count). The van der Waals surface area contributed by atoms with E-state index in [1.165, 1.54) is 11.1 Å². The van der Waals surface area contributed by atoms with Crippen LogP contribution in [0.5, 0.6) is 0 Å². The van der Waals surface area contributed by atoms with E-state index in [1.54, 1.807) is 0 Å². The maximum atomic E-state index is 11.9. The van der Waals surface area contributed by atoms with Crippen molar-refractivity contribution in [2.24, 2.45) is 0 Å². The lowest BCUT2D eigenvalue weighted by atomic mass is 9.99. The molecular formula is C13H20ClN3O. The predicted molar refractivity (Wildman–Crippen MR) is 75.6 cm³/mol. The van der Waals surface area contributed by atoms with Gasteiger partial charge in [0.25, 0.3) is 0 Å². The second-order valence-electron chi connectivity index (χ2n) is 4.53. The van der Waals surface area contributed by atoms with Gasteiger partial charge >= 0.3 is 0 Å². The van der Waals surface area contributed by atoms with Crippen LogP contribution in [-0.4, -0.2) is 31.0 Å². The van der Waals surface area contributed by atoms with Crippen molar-refractivity contribution in [3.63, 3.8) is 0 Å². The van der Waals surface area contributed by atoms with Gasteiger partial charge in [-0.3, -0.25) is 9.69 Å². The number of likely N-dealkylation sites (N-methyl/N-ethyl adjacent to an activating group) is 1. The zero-order valence-electron chi connectivity index (χ0n) is 11.1. The van der Waals surface area contributed by atoms with Crippen molar-refractivity contribution in [1.82, 2.24) is 10.3 Å². The van der Waals surface area contributed by atoms with Crippen molar-refractivity contribution in [3.8, 4) is 0 Å². The summed E-state index contributed by atoms with van der Waals surface area (Å²) < 4.78 is 0. The van der Waals surface area contributed by atoms with Crippen molar-refractivity contribution in [2.45, 2.75) is 26.7 Å². The van der Waals surface area contributed by atoms with Crippen molar-refractivity contribution in [1.29, 1.82) is 0 Å². The zero-order valence-corrected chi connectivity index (χ0v) is 11.9. The lowest BCUT2D eigenvalue weighted by molar-refractivity contribution is -0.118. The van der Waals surface area contributed by atoms with E-state index in [0.717, 1.165) is 24.5 Å². The van der Waals surface area contributed by atoms with Crippen molar-refractivity contribution >= 4 is 24.1 Å². The molecule has 0 spiro atoms. The first kappa shape index (κ1) is 14.9. The van der Waals surface area contributed by atoms with E-state index in [-0.39, 0.29) is 18.3 Å². The summed E-state index contributed by atoms with van der Waals surface area (Å²) in [5, 5.41) is 3.07. The number of rotatable bonds is 3. The summed E-state index contributed by atoms with van der Waals surface area (Å²) in [4.78, 5) is 18.3. The molecule has 0 unspecified atom stereocenters.